The van der Waals surface area contributed by atoms with Crippen LogP contribution in [0.25, 0.3) is 0 Å². The Morgan fingerprint density at radius 2 is 1.94 bits per heavy atom. The topological polar surface area (TPSA) is 74.7 Å². The molecule has 1 aromatic carbocycles. The van der Waals surface area contributed by atoms with Crippen LogP contribution in [0.5, 0.6) is 0 Å². The third-order valence-corrected chi connectivity index (χ3v) is 2.11. The summed E-state index contributed by atoms with van der Waals surface area (Å²) < 4.78 is 22.9. The second-order valence-corrected chi connectivity index (χ2v) is 3.37. The third kappa shape index (κ3) is 3.87. The molecule has 17 heavy (non-hydrogen) atoms. The molecule has 0 aliphatic heterocycles. The van der Waals surface area contributed by atoms with Crippen LogP contribution in [0.4, 0.5) is 4.39 Å². The first kappa shape index (κ1) is 13.2. The van der Waals surface area contributed by atoms with Gasteiger partial charge in [0.15, 0.2) is 0 Å². The molecule has 0 aliphatic rings. The minimum atomic E-state index is -1.27. The van der Waals surface area contributed by atoms with Crippen LogP contribution in [0.2, 0.25) is 0 Å². The van der Waals surface area contributed by atoms with Crippen LogP contribution < -0.4 is 0 Å². The zero-order chi connectivity index (χ0) is 12.8. The van der Waals surface area contributed by atoms with Gasteiger partial charge < -0.3 is 0 Å². The summed E-state index contributed by atoms with van der Waals surface area (Å²) in [5.74, 6) is -0.439. The minimum absolute atomic E-state index is 0.0869. The van der Waals surface area contributed by atoms with Crippen molar-refractivity contribution in [3.63, 3.8) is 0 Å². The number of amides is 1. The predicted molar refractivity (Wildman–Crippen MR) is 56.6 cm³/mol. The van der Waals surface area contributed by atoms with Gasteiger partial charge in [-0.3, -0.25) is 0 Å². The van der Waals surface area contributed by atoms with Crippen LogP contribution in [0, 0.1) is 11.6 Å². The Morgan fingerprint density at radius 1 is 1.35 bits per heavy atom. The quantitative estimate of drug-likeness (QED) is 0.657. The van der Waals surface area contributed by atoms with Crippen LogP contribution in [-0.4, -0.2) is 28.4 Å². The van der Waals surface area contributed by atoms with Crippen LogP contribution in [0.15, 0.2) is 24.3 Å². The van der Waals surface area contributed by atoms with Crippen LogP contribution in [0.1, 0.15) is 10.4 Å². The van der Waals surface area contributed by atoms with Crippen molar-refractivity contribution >= 4 is 19.8 Å². The Bertz CT molecular complexity index is 537. The molecule has 0 saturated heterocycles. The molecular weight excluding hydrogens is 248 g/mol. The van der Waals surface area contributed by atoms with E-state index >= 15 is 0 Å². The molecule has 0 aliphatic carbocycles. The van der Waals surface area contributed by atoms with Crippen molar-refractivity contribution in [3.05, 3.63) is 35.6 Å². The monoisotopic (exact) mass is 255 g/mol. The molecule has 0 heterocycles. The number of nitrogens with zero attached hydrogens (tertiary/aromatic N) is 1. The fourth-order valence-electron chi connectivity index (χ4n) is 1.09. The number of carboxylic acids is 1. The number of hydrogen-bond donors (Lipinski definition) is 1. The third-order valence-electron chi connectivity index (χ3n) is 1.79. The van der Waals surface area contributed by atoms with Crippen molar-refractivity contribution in [3.8, 4) is 5.75 Å². The summed E-state index contributed by atoms with van der Waals surface area (Å²) in [5, 5.41) is 8.55. The average Bonchev–Trinajstić information content (AvgIpc) is 2.28. The van der Waals surface area contributed by atoms with Gasteiger partial charge in [-0.1, -0.05) is 0 Å². The molecule has 0 fully saturated rings. The SMILES string of the molecule is O=P#CN(CC(=O)O)C(=O)c1ccc(F)cc1. The summed E-state index contributed by atoms with van der Waals surface area (Å²) in [6, 6.07) is 4.55. The van der Waals surface area contributed by atoms with Crippen LogP contribution >= 0.6 is 7.92 Å². The standard InChI is InChI=1S/C10H7FNO4P/c11-8-3-1-7(2-4-8)10(15)12(6-17-16)5-9(13)14/h1-4H,5H2,(H,13,14). The van der Waals surface area contributed by atoms with Crippen molar-refractivity contribution < 1.29 is 23.7 Å². The molecule has 1 amide bonds. The first-order chi connectivity index (χ1) is 8.04. The van der Waals surface area contributed by atoms with E-state index in [0.29, 0.717) is 4.90 Å². The number of carbonyl (C=O) groups is 2. The summed E-state index contributed by atoms with van der Waals surface area (Å²) in [7, 11) is -0.607. The van der Waals surface area contributed by atoms with Gasteiger partial charge in [-0.2, -0.15) is 0 Å². The second kappa shape index (κ2) is 5.99. The summed E-state index contributed by atoms with van der Waals surface area (Å²) in [5.41, 5.74) is 0.0869. The van der Waals surface area contributed by atoms with Gasteiger partial charge in [0.1, 0.15) is 0 Å². The van der Waals surface area contributed by atoms with Gasteiger partial charge in [-0.05, 0) is 0 Å². The first-order valence-corrected chi connectivity index (χ1v) is 5.23. The van der Waals surface area contributed by atoms with Crippen molar-refractivity contribution in [2.75, 3.05) is 6.54 Å². The number of carboxylic acid groups (broad SMARTS) is 1. The number of hydrogen-bond acceptors (Lipinski definition) is 3. The first-order valence-electron chi connectivity index (χ1n) is 4.42. The average molecular weight is 255 g/mol. The molecule has 0 unspecified atom stereocenters. The Labute approximate surface area is 97.0 Å². The van der Waals surface area contributed by atoms with E-state index in [0.717, 1.165) is 12.1 Å². The number of benzene rings is 1. The summed E-state index contributed by atoms with van der Waals surface area (Å²) in [4.78, 5) is 22.8. The second-order valence-electron chi connectivity index (χ2n) is 2.98. The molecule has 7 heteroatoms. The molecule has 0 radical (unpaired) electrons. The van der Waals surface area contributed by atoms with E-state index in [4.69, 9.17) is 5.11 Å². The molecule has 1 aromatic rings. The molecular formula is C10H7FNO4P. The molecule has 0 aromatic heterocycles. The fourth-order valence-corrected chi connectivity index (χ4v) is 1.35. The van der Waals surface area contributed by atoms with Crippen molar-refractivity contribution in [2.24, 2.45) is 0 Å². The molecule has 0 atom stereocenters. The van der Waals surface area contributed by atoms with E-state index < -0.39 is 32.2 Å². The number of halogens is 1. The van der Waals surface area contributed by atoms with E-state index in [1.54, 1.807) is 0 Å². The summed E-state index contributed by atoms with van der Waals surface area (Å²) >= 11 is 0. The number of carbonyl (C=O) groups excluding carboxylic acids is 1. The molecule has 1 N–H and O–H groups in total. The van der Waals surface area contributed by atoms with Crippen molar-refractivity contribution in [2.45, 2.75) is 0 Å². The van der Waals surface area contributed by atoms with Gasteiger partial charge in [-0.25, -0.2) is 0 Å². The van der Waals surface area contributed by atoms with E-state index in [1.165, 1.54) is 12.1 Å². The normalized spacial score (nSPS) is 9.24. The Morgan fingerprint density at radius 3 is 2.41 bits per heavy atom. The van der Waals surface area contributed by atoms with Crippen LogP contribution in [-0.2, 0) is 9.36 Å². The van der Waals surface area contributed by atoms with Gasteiger partial charge in [0.25, 0.3) is 0 Å². The fraction of sp³-hybridized carbons (Fsp3) is 0.100. The van der Waals surface area contributed by atoms with Crippen molar-refractivity contribution in [1.29, 1.82) is 0 Å². The van der Waals surface area contributed by atoms with E-state index in [1.807, 2.05) is 0 Å². The van der Waals surface area contributed by atoms with Crippen molar-refractivity contribution in [1.82, 2.24) is 4.90 Å². The van der Waals surface area contributed by atoms with Crippen LogP contribution in [0.3, 0.4) is 0 Å². The molecule has 0 bridgehead atoms. The van der Waals surface area contributed by atoms with E-state index in [2.05, 4.69) is 5.75 Å². The zero-order valence-electron chi connectivity index (χ0n) is 8.46. The summed E-state index contributed by atoms with van der Waals surface area (Å²) in [6.07, 6.45) is 0. The maximum atomic E-state index is 12.6. The van der Waals surface area contributed by atoms with Gasteiger partial charge in [0, 0.05) is 0 Å². The molecule has 5 nitrogen and oxygen atoms in total. The number of rotatable bonds is 3. The van der Waals surface area contributed by atoms with E-state index in [9.17, 15) is 18.5 Å². The Kier molecular flexibility index (Phi) is 4.64. The molecule has 0 saturated carbocycles. The van der Waals surface area contributed by atoms with Gasteiger partial charge in [0.2, 0.25) is 0 Å². The van der Waals surface area contributed by atoms with Gasteiger partial charge in [0.05, 0.1) is 0 Å². The number of aliphatic carboxylic acids is 1. The van der Waals surface area contributed by atoms with E-state index in [-0.39, 0.29) is 5.56 Å². The Hall–Kier alpha value is -1.90. The summed E-state index contributed by atoms with van der Waals surface area (Å²) in [6.45, 7) is -0.661. The predicted octanol–water partition coefficient (Wildman–Crippen LogP) is 1.56. The van der Waals surface area contributed by atoms with Gasteiger partial charge in [-0.15, -0.1) is 0 Å². The zero-order valence-corrected chi connectivity index (χ0v) is 9.36. The Balaban J connectivity index is 2.98. The molecule has 0 spiro atoms. The van der Waals surface area contributed by atoms with Gasteiger partial charge >= 0.3 is 96.3 Å². The molecule has 1 rings (SSSR count). The molecule has 88 valence electrons. The maximum absolute atomic E-state index is 12.6.